The zero-order valence-electron chi connectivity index (χ0n) is 16.6. The van der Waals surface area contributed by atoms with E-state index in [0.717, 1.165) is 30.8 Å². The number of aromatic nitrogens is 3. The van der Waals surface area contributed by atoms with Crippen LogP contribution in [-0.2, 0) is 11.8 Å². The minimum absolute atomic E-state index is 0.00985. The lowest BCUT2D eigenvalue weighted by Gasteiger charge is -2.31. The summed E-state index contributed by atoms with van der Waals surface area (Å²) < 4.78 is 7.47. The van der Waals surface area contributed by atoms with Gasteiger partial charge < -0.3 is 14.2 Å². The fourth-order valence-electron chi connectivity index (χ4n) is 3.53. The molecule has 1 aliphatic heterocycles. The minimum Gasteiger partial charge on any atom is -0.494 e. The van der Waals surface area contributed by atoms with Crippen molar-refractivity contribution in [3.05, 3.63) is 42.0 Å². The van der Waals surface area contributed by atoms with Gasteiger partial charge in [-0.2, -0.15) is 0 Å². The second-order valence-electron chi connectivity index (χ2n) is 7.25. The van der Waals surface area contributed by atoms with Gasteiger partial charge in [0.25, 0.3) is 0 Å². The fourth-order valence-corrected chi connectivity index (χ4v) is 3.53. The van der Waals surface area contributed by atoms with Crippen LogP contribution in [0.3, 0.4) is 0 Å². The lowest BCUT2D eigenvalue weighted by atomic mass is 9.95. The first kappa shape index (κ1) is 20.0. The highest BCUT2D eigenvalue weighted by Crippen LogP contribution is 2.26. The SMILES string of the molecule is CCCOc1ccc(C(=O)CCC(=O)N2CCC(c3nncn3C)CC2)cc1. The molecule has 1 aromatic heterocycles. The van der Waals surface area contributed by atoms with E-state index in [4.69, 9.17) is 4.74 Å². The first-order valence-electron chi connectivity index (χ1n) is 9.96. The second-order valence-corrected chi connectivity index (χ2v) is 7.25. The number of ketones is 1. The van der Waals surface area contributed by atoms with Crippen molar-refractivity contribution in [2.45, 2.75) is 44.9 Å². The van der Waals surface area contributed by atoms with Gasteiger partial charge in [-0.25, -0.2) is 0 Å². The molecule has 1 amide bonds. The molecule has 1 aliphatic rings. The summed E-state index contributed by atoms with van der Waals surface area (Å²) in [7, 11) is 1.95. The van der Waals surface area contributed by atoms with Crippen LogP contribution in [0.5, 0.6) is 5.75 Å². The molecule has 150 valence electrons. The molecule has 1 saturated heterocycles. The lowest BCUT2D eigenvalue weighted by molar-refractivity contribution is -0.132. The lowest BCUT2D eigenvalue weighted by Crippen LogP contribution is -2.38. The number of likely N-dealkylation sites (tertiary alicyclic amines) is 1. The Bertz CT molecular complexity index is 792. The van der Waals surface area contributed by atoms with Gasteiger partial charge in [-0.1, -0.05) is 6.92 Å². The molecule has 2 heterocycles. The summed E-state index contributed by atoms with van der Waals surface area (Å²) >= 11 is 0. The number of hydrogen-bond donors (Lipinski definition) is 0. The predicted molar refractivity (Wildman–Crippen MR) is 105 cm³/mol. The van der Waals surface area contributed by atoms with Crippen LogP contribution < -0.4 is 4.74 Å². The van der Waals surface area contributed by atoms with Gasteiger partial charge in [0.15, 0.2) is 5.78 Å². The third kappa shape index (κ3) is 4.97. The Kier molecular flexibility index (Phi) is 6.79. The van der Waals surface area contributed by atoms with Crippen molar-refractivity contribution >= 4 is 11.7 Å². The third-order valence-corrected chi connectivity index (χ3v) is 5.17. The maximum Gasteiger partial charge on any atom is 0.223 e. The highest BCUT2D eigenvalue weighted by atomic mass is 16.5. The number of nitrogens with zero attached hydrogens (tertiary/aromatic N) is 4. The van der Waals surface area contributed by atoms with Gasteiger partial charge in [-0.05, 0) is 43.5 Å². The number of carbonyl (C=O) groups excluding carboxylic acids is 2. The third-order valence-electron chi connectivity index (χ3n) is 5.17. The summed E-state index contributed by atoms with van der Waals surface area (Å²) in [5.41, 5.74) is 0.623. The number of aryl methyl sites for hydroxylation is 1. The molecule has 7 heteroatoms. The number of ether oxygens (including phenoxy) is 1. The highest BCUT2D eigenvalue weighted by Gasteiger charge is 2.26. The Hall–Kier alpha value is -2.70. The summed E-state index contributed by atoms with van der Waals surface area (Å²) in [6, 6.07) is 7.15. The van der Waals surface area contributed by atoms with Crippen LogP contribution in [0, 0.1) is 0 Å². The zero-order chi connectivity index (χ0) is 19.9. The number of Topliss-reactive ketones (excluding diaryl/α,β-unsaturated/α-hetero) is 1. The molecule has 0 bridgehead atoms. The van der Waals surface area contributed by atoms with Crippen molar-refractivity contribution in [1.29, 1.82) is 0 Å². The average molecular weight is 384 g/mol. The molecule has 0 N–H and O–H groups in total. The van der Waals surface area contributed by atoms with Crippen LogP contribution in [0.4, 0.5) is 0 Å². The molecular weight excluding hydrogens is 356 g/mol. The van der Waals surface area contributed by atoms with Crippen LogP contribution in [0.2, 0.25) is 0 Å². The quantitative estimate of drug-likeness (QED) is 0.654. The van der Waals surface area contributed by atoms with Crippen molar-refractivity contribution in [2.75, 3.05) is 19.7 Å². The zero-order valence-corrected chi connectivity index (χ0v) is 16.6. The topological polar surface area (TPSA) is 77.3 Å². The number of piperidine rings is 1. The van der Waals surface area contributed by atoms with Gasteiger partial charge in [0.1, 0.15) is 17.9 Å². The van der Waals surface area contributed by atoms with E-state index in [1.54, 1.807) is 18.5 Å². The van der Waals surface area contributed by atoms with E-state index in [0.29, 0.717) is 31.2 Å². The molecular formula is C21H28N4O3. The Morgan fingerprint density at radius 1 is 1.14 bits per heavy atom. The Morgan fingerprint density at radius 3 is 2.46 bits per heavy atom. The molecule has 0 atom stereocenters. The summed E-state index contributed by atoms with van der Waals surface area (Å²) in [5, 5.41) is 8.12. The standard InChI is InChI=1S/C21H28N4O3/c1-3-14-28-18-6-4-16(5-7-18)19(26)8-9-20(27)25-12-10-17(11-13-25)21-23-22-15-24(21)2/h4-7,15,17H,3,8-14H2,1-2H3. The van der Waals surface area contributed by atoms with Crippen LogP contribution >= 0.6 is 0 Å². The molecule has 0 aliphatic carbocycles. The Balaban J connectivity index is 1.44. The second kappa shape index (κ2) is 9.48. The summed E-state index contributed by atoms with van der Waals surface area (Å²) in [6.45, 7) is 4.12. The van der Waals surface area contributed by atoms with E-state index >= 15 is 0 Å². The largest absolute Gasteiger partial charge is 0.494 e. The Morgan fingerprint density at radius 2 is 1.86 bits per heavy atom. The molecule has 0 saturated carbocycles. The number of amides is 1. The molecule has 2 aromatic rings. The van der Waals surface area contributed by atoms with Crippen LogP contribution in [0.15, 0.2) is 30.6 Å². The first-order valence-corrected chi connectivity index (χ1v) is 9.96. The normalized spacial score (nSPS) is 14.9. The molecule has 1 fully saturated rings. The average Bonchev–Trinajstić information content (AvgIpc) is 3.16. The van der Waals surface area contributed by atoms with E-state index in [1.165, 1.54) is 0 Å². The molecule has 28 heavy (non-hydrogen) atoms. The number of carbonyl (C=O) groups is 2. The van der Waals surface area contributed by atoms with Crippen molar-refractivity contribution in [2.24, 2.45) is 7.05 Å². The van der Waals surface area contributed by atoms with Gasteiger partial charge >= 0.3 is 0 Å². The molecule has 0 radical (unpaired) electrons. The predicted octanol–water partition coefficient (Wildman–Crippen LogP) is 2.97. The summed E-state index contributed by atoms with van der Waals surface area (Å²) in [6.07, 6.45) is 4.90. The van der Waals surface area contributed by atoms with Crippen molar-refractivity contribution in [1.82, 2.24) is 19.7 Å². The molecule has 3 rings (SSSR count). The van der Waals surface area contributed by atoms with Gasteiger partial charge in [-0.3, -0.25) is 9.59 Å². The van der Waals surface area contributed by atoms with Crippen LogP contribution in [0.1, 0.15) is 61.1 Å². The van der Waals surface area contributed by atoms with E-state index in [1.807, 2.05) is 35.6 Å². The van der Waals surface area contributed by atoms with E-state index in [-0.39, 0.29) is 24.5 Å². The smallest absolute Gasteiger partial charge is 0.223 e. The van der Waals surface area contributed by atoms with Gasteiger partial charge in [-0.15, -0.1) is 10.2 Å². The fraction of sp³-hybridized carbons (Fsp3) is 0.524. The van der Waals surface area contributed by atoms with Crippen molar-refractivity contribution in [3.8, 4) is 5.75 Å². The van der Waals surface area contributed by atoms with E-state index in [2.05, 4.69) is 10.2 Å². The van der Waals surface area contributed by atoms with Crippen molar-refractivity contribution < 1.29 is 14.3 Å². The molecule has 0 spiro atoms. The number of rotatable bonds is 8. The van der Waals surface area contributed by atoms with Crippen LogP contribution in [-0.4, -0.2) is 51.1 Å². The van der Waals surface area contributed by atoms with Gasteiger partial charge in [0, 0.05) is 44.5 Å². The summed E-state index contributed by atoms with van der Waals surface area (Å²) in [5.74, 6) is 2.12. The molecule has 7 nitrogen and oxygen atoms in total. The van der Waals surface area contributed by atoms with Gasteiger partial charge in [0.2, 0.25) is 5.91 Å². The Labute approximate surface area is 165 Å². The van der Waals surface area contributed by atoms with Crippen LogP contribution in [0.25, 0.3) is 0 Å². The summed E-state index contributed by atoms with van der Waals surface area (Å²) in [4.78, 5) is 26.7. The van der Waals surface area contributed by atoms with Gasteiger partial charge in [0.05, 0.1) is 6.61 Å². The number of benzene rings is 1. The van der Waals surface area contributed by atoms with E-state index in [9.17, 15) is 9.59 Å². The van der Waals surface area contributed by atoms with E-state index < -0.39 is 0 Å². The molecule has 0 unspecified atom stereocenters. The highest BCUT2D eigenvalue weighted by molar-refractivity contribution is 5.98. The van der Waals surface area contributed by atoms with Crippen molar-refractivity contribution in [3.63, 3.8) is 0 Å². The monoisotopic (exact) mass is 384 g/mol. The number of hydrogen-bond acceptors (Lipinski definition) is 5. The molecule has 1 aromatic carbocycles. The minimum atomic E-state index is -0.00985. The first-order chi connectivity index (χ1) is 13.6. The maximum absolute atomic E-state index is 12.5. The maximum atomic E-state index is 12.5.